The van der Waals surface area contributed by atoms with Gasteiger partial charge in [0, 0.05) is 38.0 Å². The molecule has 124 valence electrons. The topological polar surface area (TPSA) is 63.2 Å². The SMILES string of the molecule is Cl.Cl.O=C(NCCc1ccccn1)[C@@]12CCO[C@@H]1CCNC2. The highest BCUT2D eigenvalue weighted by Gasteiger charge is 2.51. The standard InChI is InChI=1S/C15H21N3O2.2ClH/c19-14(18-9-4-12-3-1-2-7-17-12)15-6-10-20-13(15)5-8-16-11-15;;/h1-3,7,13,16H,4-6,8-11H2,(H,18,19);2*1H/t13-,15-;;/m1../s1. The molecule has 2 atom stereocenters. The van der Waals surface area contributed by atoms with Gasteiger partial charge in [-0.25, -0.2) is 0 Å². The van der Waals surface area contributed by atoms with Crippen LogP contribution in [0.3, 0.4) is 0 Å². The summed E-state index contributed by atoms with van der Waals surface area (Å²) < 4.78 is 5.73. The van der Waals surface area contributed by atoms with E-state index in [0.29, 0.717) is 13.2 Å². The van der Waals surface area contributed by atoms with Crippen molar-refractivity contribution >= 4 is 30.7 Å². The highest BCUT2D eigenvalue weighted by atomic mass is 35.5. The maximum absolute atomic E-state index is 12.5. The molecule has 22 heavy (non-hydrogen) atoms. The average Bonchev–Trinajstić information content (AvgIpc) is 2.93. The molecule has 0 unspecified atom stereocenters. The molecule has 0 radical (unpaired) electrons. The number of halogens is 2. The van der Waals surface area contributed by atoms with Crippen LogP contribution in [0.5, 0.6) is 0 Å². The monoisotopic (exact) mass is 347 g/mol. The molecule has 2 aliphatic rings. The number of nitrogens with zero attached hydrogens (tertiary/aromatic N) is 1. The van der Waals surface area contributed by atoms with Gasteiger partial charge in [0.25, 0.3) is 0 Å². The van der Waals surface area contributed by atoms with Crippen molar-refractivity contribution in [2.45, 2.75) is 25.4 Å². The van der Waals surface area contributed by atoms with E-state index in [-0.39, 0.29) is 42.2 Å². The molecule has 7 heteroatoms. The minimum Gasteiger partial charge on any atom is -0.377 e. The predicted octanol–water partition coefficient (Wildman–Crippen LogP) is 1.35. The number of aromatic nitrogens is 1. The summed E-state index contributed by atoms with van der Waals surface area (Å²) in [5.41, 5.74) is 0.647. The van der Waals surface area contributed by atoms with Crippen LogP contribution in [0.2, 0.25) is 0 Å². The van der Waals surface area contributed by atoms with Gasteiger partial charge in [0.2, 0.25) is 5.91 Å². The highest BCUT2D eigenvalue weighted by molar-refractivity contribution is 5.85. The number of fused-ring (bicyclic) bond motifs is 1. The zero-order valence-electron chi connectivity index (χ0n) is 12.4. The van der Waals surface area contributed by atoms with Crippen LogP contribution in [-0.4, -0.2) is 43.2 Å². The van der Waals surface area contributed by atoms with Crippen LogP contribution in [-0.2, 0) is 16.0 Å². The van der Waals surface area contributed by atoms with Gasteiger partial charge in [0.1, 0.15) is 0 Å². The van der Waals surface area contributed by atoms with E-state index in [2.05, 4.69) is 15.6 Å². The normalized spacial score (nSPS) is 26.3. The summed E-state index contributed by atoms with van der Waals surface area (Å²) in [5.74, 6) is 0.128. The molecule has 5 nitrogen and oxygen atoms in total. The van der Waals surface area contributed by atoms with E-state index in [1.54, 1.807) is 6.20 Å². The number of nitrogens with one attached hydrogen (secondary N) is 2. The third kappa shape index (κ3) is 3.90. The van der Waals surface area contributed by atoms with E-state index in [1.807, 2.05) is 18.2 Å². The molecule has 3 heterocycles. The lowest BCUT2D eigenvalue weighted by atomic mass is 9.76. The Morgan fingerprint density at radius 1 is 1.45 bits per heavy atom. The Labute approximate surface area is 143 Å². The Hall–Kier alpha value is -0.880. The fourth-order valence-corrected chi connectivity index (χ4v) is 3.18. The van der Waals surface area contributed by atoms with Crippen molar-refractivity contribution in [2.75, 3.05) is 26.2 Å². The lowest BCUT2D eigenvalue weighted by Gasteiger charge is -2.36. The molecule has 1 aromatic rings. The molecule has 2 fully saturated rings. The van der Waals surface area contributed by atoms with E-state index >= 15 is 0 Å². The van der Waals surface area contributed by atoms with Crippen LogP contribution in [0.4, 0.5) is 0 Å². The van der Waals surface area contributed by atoms with Crippen molar-refractivity contribution in [1.82, 2.24) is 15.6 Å². The Balaban J connectivity index is 0.00000121. The molecule has 0 aliphatic carbocycles. The molecule has 0 aromatic carbocycles. The van der Waals surface area contributed by atoms with Crippen molar-refractivity contribution in [3.63, 3.8) is 0 Å². The highest BCUT2D eigenvalue weighted by Crippen LogP contribution is 2.38. The van der Waals surface area contributed by atoms with Gasteiger partial charge in [-0.2, -0.15) is 0 Å². The molecular formula is C15H23Cl2N3O2. The Morgan fingerprint density at radius 2 is 2.32 bits per heavy atom. The first kappa shape index (κ1) is 19.2. The molecular weight excluding hydrogens is 325 g/mol. The quantitative estimate of drug-likeness (QED) is 0.862. The molecule has 2 aliphatic heterocycles. The fraction of sp³-hybridized carbons (Fsp3) is 0.600. The van der Waals surface area contributed by atoms with Gasteiger partial charge >= 0.3 is 0 Å². The van der Waals surface area contributed by atoms with E-state index in [0.717, 1.165) is 38.0 Å². The number of carbonyl (C=O) groups excluding carboxylic acids is 1. The first-order valence-corrected chi connectivity index (χ1v) is 7.32. The lowest BCUT2D eigenvalue weighted by Crippen LogP contribution is -2.56. The molecule has 1 aromatic heterocycles. The fourth-order valence-electron chi connectivity index (χ4n) is 3.18. The van der Waals surface area contributed by atoms with E-state index in [1.165, 1.54) is 0 Å². The largest absolute Gasteiger partial charge is 0.377 e. The minimum atomic E-state index is -0.359. The second kappa shape index (κ2) is 8.67. The van der Waals surface area contributed by atoms with Crippen molar-refractivity contribution in [2.24, 2.45) is 5.41 Å². The Bertz CT molecular complexity index is 475. The first-order valence-electron chi connectivity index (χ1n) is 7.32. The van der Waals surface area contributed by atoms with Gasteiger partial charge < -0.3 is 15.4 Å². The number of hydrogen-bond donors (Lipinski definition) is 2. The van der Waals surface area contributed by atoms with Gasteiger partial charge in [-0.1, -0.05) is 6.07 Å². The van der Waals surface area contributed by atoms with Crippen molar-refractivity contribution in [3.8, 4) is 0 Å². The molecule has 3 rings (SSSR count). The summed E-state index contributed by atoms with van der Waals surface area (Å²) in [5, 5.41) is 6.40. The number of rotatable bonds is 4. The van der Waals surface area contributed by atoms with Crippen molar-refractivity contribution in [3.05, 3.63) is 30.1 Å². The molecule has 2 N–H and O–H groups in total. The van der Waals surface area contributed by atoms with Crippen LogP contribution in [0.15, 0.2) is 24.4 Å². The van der Waals surface area contributed by atoms with Gasteiger partial charge in [-0.15, -0.1) is 24.8 Å². The van der Waals surface area contributed by atoms with Crippen LogP contribution >= 0.6 is 24.8 Å². The number of pyridine rings is 1. The summed E-state index contributed by atoms with van der Waals surface area (Å²) in [6, 6.07) is 5.85. The maximum Gasteiger partial charge on any atom is 0.230 e. The Morgan fingerprint density at radius 3 is 3.09 bits per heavy atom. The van der Waals surface area contributed by atoms with Gasteiger partial charge in [0.15, 0.2) is 0 Å². The minimum absolute atomic E-state index is 0. The lowest BCUT2D eigenvalue weighted by molar-refractivity contribution is -0.135. The summed E-state index contributed by atoms with van der Waals surface area (Å²) in [7, 11) is 0. The molecule has 1 amide bonds. The van der Waals surface area contributed by atoms with Gasteiger partial charge in [-0.05, 0) is 31.5 Å². The van der Waals surface area contributed by atoms with Gasteiger partial charge in [-0.3, -0.25) is 9.78 Å². The number of carbonyl (C=O) groups is 1. The summed E-state index contributed by atoms with van der Waals surface area (Å²) in [6.07, 6.45) is 4.37. The Kier molecular flexibility index (Phi) is 7.56. The first-order chi connectivity index (χ1) is 9.81. The van der Waals surface area contributed by atoms with Crippen LogP contribution in [0.1, 0.15) is 18.5 Å². The van der Waals surface area contributed by atoms with Crippen molar-refractivity contribution in [1.29, 1.82) is 0 Å². The number of hydrogen-bond acceptors (Lipinski definition) is 4. The second-order valence-electron chi connectivity index (χ2n) is 5.56. The zero-order valence-corrected chi connectivity index (χ0v) is 14.0. The third-order valence-electron chi connectivity index (χ3n) is 4.35. The van der Waals surface area contributed by atoms with Crippen LogP contribution < -0.4 is 10.6 Å². The van der Waals surface area contributed by atoms with Crippen LogP contribution in [0, 0.1) is 5.41 Å². The van der Waals surface area contributed by atoms with E-state index < -0.39 is 0 Å². The summed E-state index contributed by atoms with van der Waals surface area (Å²) in [4.78, 5) is 16.8. The third-order valence-corrected chi connectivity index (χ3v) is 4.35. The van der Waals surface area contributed by atoms with Gasteiger partial charge in [0.05, 0.1) is 11.5 Å². The average molecular weight is 348 g/mol. The molecule has 0 spiro atoms. The maximum atomic E-state index is 12.5. The summed E-state index contributed by atoms with van der Waals surface area (Å²) in [6.45, 7) is 2.99. The number of ether oxygens (including phenoxy) is 1. The van der Waals surface area contributed by atoms with E-state index in [4.69, 9.17) is 4.74 Å². The van der Waals surface area contributed by atoms with Crippen LogP contribution in [0.25, 0.3) is 0 Å². The number of amides is 1. The number of piperidine rings is 1. The predicted molar refractivity (Wildman–Crippen MR) is 89.7 cm³/mol. The molecule has 0 bridgehead atoms. The van der Waals surface area contributed by atoms with Crippen molar-refractivity contribution < 1.29 is 9.53 Å². The molecule has 0 saturated carbocycles. The smallest absolute Gasteiger partial charge is 0.230 e. The van der Waals surface area contributed by atoms with E-state index in [9.17, 15) is 4.79 Å². The summed E-state index contributed by atoms with van der Waals surface area (Å²) >= 11 is 0. The molecule has 2 saturated heterocycles. The zero-order chi connectivity index (χ0) is 13.8. The second-order valence-corrected chi connectivity index (χ2v) is 5.56.